The summed E-state index contributed by atoms with van der Waals surface area (Å²) in [4.78, 5) is 10.7. The van der Waals surface area contributed by atoms with Crippen molar-refractivity contribution < 1.29 is 14.1 Å². The lowest BCUT2D eigenvalue weighted by molar-refractivity contribution is -0.154. The Morgan fingerprint density at radius 2 is 2.20 bits per heavy atom. The maximum atomic E-state index is 10.7. The number of hydrogen-bond acceptors (Lipinski definition) is 3. The summed E-state index contributed by atoms with van der Waals surface area (Å²) in [6.45, 7) is 6.61. The summed E-state index contributed by atoms with van der Waals surface area (Å²) in [5.41, 5.74) is 0.369. The molecule has 0 aromatic heterocycles. The van der Waals surface area contributed by atoms with Gasteiger partial charge >= 0.3 is 5.97 Å². The van der Waals surface area contributed by atoms with Crippen LogP contribution >= 0.6 is 9.47 Å². The van der Waals surface area contributed by atoms with Gasteiger partial charge in [-0.2, -0.15) is 0 Å². The molecule has 0 aromatic rings. The van der Waals surface area contributed by atoms with Gasteiger partial charge in [-0.25, -0.2) is 4.79 Å². The molecule has 0 bridgehead atoms. The third kappa shape index (κ3) is 3.59. The minimum atomic E-state index is -0.533. The molecule has 4 heteroatoms. The Bertz CT molecular complexity index is 144. The molecule has 0 aromatic carbocycles. The molecule has 0 heterocycles. The largest absolute Gasteiger partial charge is 0.432 e. The van der Waals surface area contributed by atoms with Crippen molar-refractivity contribution in [3.05, 3.63) is 12.2 Å². The van der Waals surface area contributed by atoms with Gasteiger partial charge in [0, 0.05) is 15.0 Å². The van der Waals surface area contributed by atoms with Gasteiger partial charge in [-0.1, -0.05) is 6.58 Å². The van der Waals surface area contributed by atoms with Crippen LogP contribution in [0, 0.1) is 0 Å². The SMILES string of the molecule is C=C(C)C(=O)OC(C)OP. The van der Waals surface area contributed by atoms with E-state index >= 15 is 0 Å². The molecule has 2 unspecified atom stereocenters. The van der Waals surface area contributed by atoms with E-state index in [4.69, 9.17) is 0 Å². The van der Waals surface area contributed by atoms with E-state index in [1.54, 1.807) is 13.8 Å². The summed E-state index contributed by atoms with van der Waals surface area (Å²) in [5, 5.41) is 0. The van der Waals surface area contributed by atoms with E-state index in [0.29, 0.717) is 5.57 Å². The average molecular weight is 162 g/mol. The van der Waals surface area contributed by atoms with Gasteiger partial charge in [0.05, 0.1) is 0 Å². The van der Waals surface area contributed by atoms with Crippen molar-refractivity contribution in [3.8, 4) is 0 Å². The molecular formula is C6H11O3P. The Labute approximate surface area is 62.7 Å². The van der Waals surface area contributed by atoms with E-state index in [1.165, 1.54) is 0 Å². The van der Waals surface area contributed by atoms with Gasteiger partial charge in [0.25, 0.3) is 0 Å². The van der Waals surface area contributed by atoms with Gasteiger partial charge in [-0.15, -0.1) is 0 Å². The van der Waals surface area contributed by atoms with Crippen molar-refractivity contribution in [3.63, 3.8) is 0 Å². The lowest BCUT2D eigenvalue weighted by Gasteiger charge is -2.09. The molecule has 10 heavy (non-hydrogen) atoms. The third-order valence-electron chi connectivity index (χ3n) is 0.813. The molecule has 3 nitrogen and oxygen atoms in total. The predicted octanol–water partition coefficient (Wildman–Crippen LogP) is 1.26. The highest BCUT2D eigenvalue weighted by molar-refractivity contribution is 7.09. The Hall–Kier alpha value is -0.400. The topological polar surface area (TPSA) is 35.5 Å². The van der Waals surface area contributed by atoms with Gasteiger partial charge in [-0.05, 0) is 13.8 Å². The van der Waals surface area contributed by atoms with Crippen molar-refractivity contribution in [2.75, 3.05) is 0 Å². The minimum absolute atomic E-state index is 0.369. The van der Waals surface area contributed by atoms with E-state index in [2.05, 4.69) is 15.8 Å². The van der Waals surface area contributed by atoms with Crippen LogP contribution in [0.4, 0.5) is 0 Å². The van der Waals surface area contributed by atoms with Crippen LogP contribution in [0.25, 0.3) is 0 Å². The standard InChI is InChI=1S/C6H11O3P/c1-4(2)6(7)8-5(3)9-10/h5H,1,10H2,2-3H3. The number of carbonyl (C=O) groups excluding carboxylic acids is 1. The van der Waals surface area contributed by atoms with Gasteiger partial charge in [0.15, 0.2) is 0 Å². The minimum Gasteiger partial charge on any atom is -0.432 e. The zero-order chi connectivity index (χ0) is 8.15. The summed E-state index contributed by atoms with van der Waals surface area (Å²) >= 11 is 0. The predicted molar refractivity (Wildman–Crippen MR) is 41.2 cm³/mol. The van der Waals surface area contributed by atoms with Crippen molar-refractivity contribution in [2.45, 2.75) is 20.1 Å². The molecule has 0 aliphatic heterocycles. The molecule has 2 atom stereocenters. The molecule has 0 spiro atoms. The van der Waals surface area contributed by atoms with Crippen LogP contribution in [0.15, 0.2) is 12.2 Å². The van der Waals surface area contributed by atoms with E-state index < -0.39 is 12.3 Å². The summed E-state index contributed by atoms with van der Waals surface area (Å²) in [6.07, 6.45) is -0.533. The van der Waals surface area contributed by atoms with E-state index in [-0.39, 0.29) is 0 Å². The quantitative estimate of drug-likeness (QED) is 0.271. The smallest absolute Gasteiger partial charge is 0.335 e. The molecule has 0 aliphatic carbocycles. The molecule has 0 saturated heterocycles. The number of esters is 1. The van der Waals surface area contributed by atoms with E-state index in [0.717, 1.165) is 0 Å². The first kappa shape index (κ1) is 9.60. The summed E-state index contributed by atoms with van der Waals surface area (Å²) in [5.74, 6) is -0.435. The second-order valence-electron chi connectivity index (χ2n) is 1.89. The third-order valence-corrected chi connectivity index (χ3v) is 1.20. The first-order valence-corrected chi connectivity index (χ1v) is 3.27. The Kier molecular flexibility index (Phi) is 4.24. The average Bonchev–Trinajstić information content (AvgIpc) is 1.87. The fourth-order valence-corrected chi connectivity index (χ4v) is 0.335. The Morgan fingerprint density at radius 1 is 1.70 bits per heavy atom. The zero-order valence-electron chi connectivity index (χ0n) is 6.09. The maximum absolute atomic E-state index is 10.7. The lowest BCUT2D eigenvalue weighted by Crippen LogP contribution is -2.14. The Balaban J connectivity index is 3.68. The van der Waals surface area contributed by atoms with Gasteiger partial charge in [-0.3, -0.25) is 0 Å². The number of carbonyl (C=O) groups is 1. The first-order chi connectivity index (χ1) is 4.57. The van der Waals surface area contributed by atoms with Gasteiger partial charge in [0.2, 0.25) is 6.29 Å². The number of rotatable bonds is 3. The summed E-state index contributed by atoms with van der Waals surface area (Å²) in [7, 11) is 2.01. The van der Waals surface area contributed by atoms with Crippen LogP contribution in [0.5, 0.6) is 0 Å². The molecule has 0 saturated carbocycles. The second kappa shape index (κ2) is 4.42. The van der Waals surface area contributed by atoms with Crippen LogP contribution in [0.1, 0.15) is 13.8 Å². The van der Waals surface area contributed by atoms with Crippen LogP contribution in [-0.2, 0) is 14.1 Å². The molecular weight excluding hydrogens is 151 g/mol. The zero-order valence-corrected chi connectivity index (χ0v) is 7.24. The molecule has 0 N–H and O–H groups in total. The van der Waals surface area contributed by atoms with Crippen molar-refractivity contribution in [1.29, 1.82) is 0 Å². The van der Waals surface area contributed by atoms with E-state index in [9.17, 15) is 4.79 Å². The molecule has 0 fully saturated rings. The lowest BCUT2D eigenvalue weighted by atomic mass is 10.4. The van der Waals surface area contributed by atoms with E-state index in [1.807, 2.05) is 9.47 Å². The Morgan fingerprint density at radius 3 is 2.50 bits per heavy atom. The molecule has 58 valence electrons. The van der Waals surface area contributed by atoms with Crippen LogP contribution in [-0.4, -0.2) is 12.3 Å². The second-order valence-corrected chi connectivity index (χ2v) is 2.16. The van der Waals surface area contributed by atoms with Gasteiger partial charge in [0.1, 0.15) is 0 Å². The highest BCUT2D eigenvalue weighted by atomic mass is 31.0. The molecule has 0 amide bonds. The molecule has 0 radical (unpaired) electrons. The highest BCUT2D eigenvalue weighted by Crippen LogP contribution is 2.02. The number of hydrogen-bond donors (Lipinski definition) is 0. The van der Waals surface area contributed by atoms with Crippen LogP contribution in [0.2, 0.25) is 0 Å². The van der Waals surface area contributed by atoms with Crippen molar-refractivity contribution >= 4 is 15.4 Å². The molecule has 0 rings (SSSR count). The molecule has 0 aliphatic rings. The van der Waals surface area contributed by atoms with Crippen LogP contribution in [0.3, 0.4) is 0 Å². The summed E-state index contributed by atoms with van der Waals surface area (Å²) in [6, 6.07) is 0. The van der Waals surface area contributed by atoms with Gasteiger partial charge < -0.3 is 9.26 Å². The van der Waals surface area contributed by atoms with Crippen molar-refractivity contribution in [1.82, 2.24) is 0 Å². The number of ether oxygens (including phenoxy) is 1. The van der Waals surface area contributed by atoms with Crippen molar-refractivity contribution in [2.24, 2.45) is 0 Å². The van der Waals surface area contributed by atoms with Crippen LogP contribution < -0.4 is 0 Å². The maximum Gasteiger partial charge on any atom is 0.335 e. The highest BCUT2D eigenvalue weighted by Gasteiger charge is 2.07. The summed E-state index contributed by atoms with van der Waals surface area (Å²) < 4.78 is 9.28. The fraction of sp³-hybridized carbons (Fsp3) is 0.500. The first-order valence-electron chi connectivity index (χ1n) is 2.80. The fourth-order valence-electron chi connectivity index (χ4n) is 0.279. The monoisotopic (exact) mass is 162 g/mol. The normalized spacial score (nSPS) is 12.3.